The lowest BCUT2D eigenvalue weighted by molar-refractivity contribution is -0.386. The Morgan fingerprint density at radius 3 is 2.71 bits per heavy atom. The number of ether oxygens (including phenoxy) is 1. The zero-order valence-corrected chi connectivity index (χ0v) is 8.94. The largest absolute Gasteiger partial charge is 0.487 e. The third kappa shape index (κ3) is 3.63. The molecule has 94 valence electrons. The van der Waals surface area contributed by atoms with Gasteiger partial charge in [-0.05, 0) is 25.1 Å². The van der Waals surface area contributed by atoms with Gasteiger partial charge < -0.3 is 10.5 Å². The summed E-state index contributed by atoms with van der Waals surface area (Å²) in [5.41, 5.74) is 4.38. The Labute approximate surface area is 96.3 Å². The van der Waals surface area contributed by atoms with Crippen LogP contribution in [0, 0.1) is 10.1 Å². The highest BCUT2D eigenvalue weighted by molar-refractivity contribution is 5.48. The van der Waals surface area contributed by atoms with Crippen molar-refractivity contribution < 1.29 is 18.4 Å². The van der Waals surface area contributed by atoms with Crippen molar-refractivity contribution in [3.05, 3.63) is 33.9 Å². The number of rotatable bonds is 6. The van der Waals surface area contributed by atoms with Crippen LogP contribution in [0.5, 0.6) is 5.75 Å². The molecule has 5 nitrogen and oxygen atoms in total. The van der Waals surface area contributed by atoms with Crippen molar-refractivity contribution in [2.75, 3.05) is 13.2 Å². The molecule has 0 amide bonds. The Hall–Kier alpha value is -1.76. The molecular weight excluding hydrogens is 234 g/mol. The van der Waals surface area contributed by atoms with Gasteiger partial charge in [0.2, 0.25) is 0 Å². The summed E-state index contributed by atoms with van der Waals surface area (Å²) in [5.74, 6) is -0.0205. The van der Waals surface area contributed by atoms with Crippen LogP contribution in [0.1, 0.15) is 18.4 Å². The van der Waals surface area contributed by atoms with E-state index in [9.17, 15) is 18.9 Å². The van der Waals surface area contributed by atoms with E-state index in [0.29, 0.717) is 13.0 Å². The van der Waals surface area contributed by atoms with Gasteiger partial charge in [-0.2, -0.15) is 0 Å². The lowest BCUT2D eigenvalue weighted by Gasteiger charge is -2.07. The molecule has 0 aromatic heterocycles. The van der Waals surface area contributed by atoms with Gasteiger partial charge in [0, 0.05) is 11.6 Å². The van der Waals surface area contributed by atoms with E-state index in [1.807, 2.05) is 0 Å². The Morgan fingerprint density at radius 1 is 1.47 bits per heavy atom. The second kappa shape index (κ2) is 6.09. The van der Waals surface area contributed by atoms with Crippen molar-refractivity contribution >= 4 is 5.69 Å². The predicted molar refractivity (Wildman–Crippen MR) is 57.2 cm³/mol. The minimum Gasteiger partial charge on any atom is -0.487 e. The molecule has 0 saturated heterocycles. The fourth-order valence-corrected chi connectivity index (χ4v) is 1.20. The highest BCUT2D eigenvalue weighted by Gasteiger charge is 2.19. The summed E-state index contributed by atoms with van der Waals surface area (Å²) >= 11 is 0. The number of nitro benzene ring substituents is 1. The van der Waals surface area contributed by atoms with Crippen molar-refractivity contribution in [1.29, 1.82) is 0 Å². The zero-order valence-electron chi connectivity index (χ0n) is 8.94. The summed E-state index contributed by atoms with van der Waals surface area (Å²) in [4.78, 5) is 9.94. The first-order valence-corrected chi connectivity index (χ1v) is 4.95. The SMILES string of the molecule is NCCCOc1ccc(C(F)F)cc1[N+](=O)[O-]. The van der Waals surface area contributed by atoms with Gasteiger partial charge in [-0.3, -0.25) is 10.1 Å². The molecule has 2 N–H and O–H groups in total. The van der Waals surface area contributed by atoms with Crippen LogP contribution in [0.4, 0.5) is 14.5 Å². The molecule has 1 aromatic carbocycles. The quantitative estimate of drug-likeness (QED) is 0.474. The molecule has 0 atom stereocenters. The molecule has 0 saturated carbocycles. The van der Waals surface area contributed by atoms with Gasteiger partial charge in [0.25, 0.3) is 6.43 Å². The van der Waals surface area contributed by atoms with Gasteiger partial charge in [-0.25, -0.2) is 8.78 Å². The zero-order chi connectivity index (χ0) is 12.8. The molecule has 0 aliphatic carbocycles. The van der Waals surface area contributed by atoms with E-state index in [-0.39, 0.29) is 12.4 Å². The summed E-state index contributed by atoms with van der Waals surface area (Å²) in [7, 11) is 0. The van der Waals surface area contributed by atoms with Crippen molar-refractivity contribution in [3.63, 3.8) is 0 Å². The molecule has 0 bridgehead atoms. The molecule has 17 heavy (non-hydrogen) atoms. The number of benzene rings is 1. The summed E-state index contributed by atoms with van der Waals surface area (Å²) in [6.45, 7) is 0.605. The third-order valence-electron chi connectivity index (χ3n) is 2.04. The van der Waals surface area contributed by atoms with E-state index >= 15 is 0 Å². The number of alkyl halides is 2. The standard InChI is InChI=1S/C10H12F2N2O3/c11-10(12)7-2-3-9(17-5-1-4-13)8(6-7)14(15)16/h2-3,6,10H,1,4-5,13H2. The summed E-state index contributed by atoms with van der Waals surface area (Å²) in [6.07, 6.45) is -2.21. The Morgan fingerprint density at radius 2 is 2.18 bits per heavy atom. The summed E-state index contributed by atoms with van der Waals surface area (Å²) in [5, 5.41) is 10.7. The first kappa shape index (κ1) is 13.3. The van der Waals surface area contributed by atoms with Gasteiger partial charge in [0.1, 0.15) is 0 Å². The minimum atomic E-state index is -2.74. The second-order valence-corrected chi connectivity index (χ2v) is 3.28. The van der Waals surface area contributed by atoms with Gasteiger partial charge in [0.15, 0.2) is 5.75 Å². The number of halogens is 2. The van der Waals surface area contributed by atoms with Crippen LogP contribution in [0.2, 0.25) is 0 Å². The van der Waals surface area contributed by atoms with E-state index in [4.69, 9.17) is 10.5 Å². The Bertz CT molecular complexity index is 399. The van der Waals surface area contributed by atoms with Crippen LogP contribution >= 0.6 is 0 Å². The third-order valence-corrected chi connectivity index (χ3v) is 2.04. The Balaban J connectivity index is 2.92. The second-order valence-electron chi connectivity index (χ2n) is 3.28. The summed E-state index contributed by atoms with van der Waals surface area (Å²) in [6, 6.07) is 3.11. The fraction of sp³-hybridized carbons (Fsp3) is 0.400. The molecule has 0 aliphatic heterocycles. The molecule has 1 aromatic rings. The topological polar surface area (TPSA) is 78.4 Å². The number of nitrogens with two attached hydrogens (primary N) is 1. The molecule has 1 rings (SSSR count). The summed E-state index contributed by atoms with van der Waals surface area (Å²) < 4.78 is 29.8. The van der Waals surface area contributed by atoms with E-state index in [2.05, 4.69) is 0 Å². The average molecular weight is 246 g/mol. The normalized spacial score (nSPS) is 10.6. The average Bonchev–Trinajstić information content (AvgIpc) is 2.29. The maximum absolute atomic E-state index is 12.4. The molecule has 0 unspecified atom stereocenters. The van der Waals surface area contributed by atoms with Crippen LogP contribution < -0.4 is 10.5 Å². The molecule has 0 spiro atoms. The van der Waals surface area contributed by atoms with Crippen LogP contribution in [0.25, 0.3) is 0 Å². The monoisotopic (exact) mass is 246 g/mol. The maximum Gasteiger partial charge on any atom is 0.311 e. The van der Waals surface area contributed by atoms with Crippen molar-refractivity contribution in [2.45, 2.75) is 12.8 Å². The van der Waals surface area contributed by atoms with E-state index in [1.54, 1.807) is 0 Å². The van der Waals surface area contributed by atoms with Gasteiger partial charge in [-0.15, -0.1) is 0 Å². The predicted octanol–water partition coefficient (Wildman–Crippen LogP) is 2.26. The minimum absolute atomic E-state index is 0.0205. The fourth-order valence-electron chi connectivity index (χ4n) is 1.20. The lowest BCUT2D eigenvalue weighted by Crippen LogP contribution is -2.07. The molecule has 0 heterocycles. The smallest absolute Gasteiger partial charge is 0.311 e. The first-order chi connectivity index (χ1) is 8.06. The molecule has 0 fully saturated rings. The molecular formula is C10H12F2N2O3. The van der Waals surface area contributed by atoms with Gasteiger partial charge in [0.05, 0.1) is 11.5 Å². The van der Waals surface area contributed by atoms with Crippen LogP contribution in [0.15, 0.2) is 18.2 Å². The maximum atomic E-state index is 12.4. The van der Waals surface area contributed by atoms with Gasteiger partial charge >= 0.3 is 5.69 Å². The van der Waals surface area contributed by atoms with Crippen LogP contribution in [0.3, 0.4) is 0 Å². The highest BCUT2D eigenvalue weighted by Crippen LogP contribution is 2.31. The first-order valence-electron chi connectivity index (χ1n) is 4.95. The van der Waals surface area contributed by atoms with E-state index < -0.39 is 22.6 Å². The van der Waals surface area contributed by atoms with E-state index in [1.165, 1.54) is 6.07 Å². The number of nitrogens with zero attached hydrogens (tertiary/aromatic N) is 1. The van der Waals surface area contributed by atoms with E-state index in [0.717, 1.165) is 12.1 Å². The molecule has 7 heteroatoms. The van der Waals surface area contributed by atoms with Crippen molar-refractivity contribution in [2.24, 2.45) is 5.73 Å². The van der Waals surface area contributed by atoms with Crippen LogP contribution in [-0.2, 0) is 0 Å². The number of hydrogen-bond acceptors (Lipinski definition) is 4. The molecule has 0 radical (unpaired) electrons. The van der Waals surface area contributed by atoms with Gasteiger partial charge in [-0.1, -0.05) is 0 Å². The number of hydrogen-bond donors (Lipinski definition) is 1. The highest BCUT2D eigenvalue weighted by atomic mass is 19.3. The van der Waals surface area contributed by atoms with Crippen molar-refractivity contribution in [1.82, 2.24) is 0 Å². The van der Waals surface area contributed by atoms with Crippen molar-refractivity contribution in [3.8, 4) is 5.75 Å². The number of nitro groups is 1. The molecule has 0 aliphatic rings. The van der Waals surface area contributed by atoms with Crippen LogP contribution in [-0.4, -0.2) is 18.1 Å². The lowest BCUT2D eigenvalue weighted by atomic mass is 10.2. The Kier molecular flexibility index (Phi) is 4.77.